The van der Waals surface area contributed by atoms with Crippen LogP contribution in [0.1, 0.15) is 24.3 Å². The zero-order chi connectivity index (χ0) is 20.6. The Morgan fingerprint density at radius 1 is 0.828 bits per heavy atom. The van der Waals surface area contributed by atoms with E-state index in [1.807, 2.05) is 19.1 Å². The third-order valence-electron chi connectivity index (χ3n) is 3.91. The molecule has 3 aromatic rings. The van der Waals surface area contributed by atoms with Crippen molar-refractivity contribution in [1.29, 1.82) is 0 Å². The van der Waals surface area contributed by atoms with Gasteiger partial charge < -0.3 is 20.7 Å². The number of carbonyl (C=O) groups is 2. The van der Waals surface area contributed by atoms with Gasteiger partial charge in [0.25, 0.3) is 5.91 Å². The summed E-state index contributed by atoms with van der Waals surface area (Å²) in [7, 11) is 0. The average Bonchev–Trinajstić information content (AvgIpc) is 2.71. The van der Waals surface area contributed by atoms with Gasteiger partial charge in [-0.3, -0.25) is 9.59 Å². The minimum absolute atomic E-state index is 0.117. The minimum atomic E-state index is -0.291. The minimum Gasteiger partial charge on any atom is -0.494 e. The molecule has 0 fully saturated rings. The maximum Gasteiger partial charge on any atom is 0.274 e. The first kappa shape index (κ1) is 19.9. The van der Waals surface area contributed by atoms with Gasteiger partial charge in [0.1, 0.15) is 11.4 Å². The summed E-state index contributed by atoms with van der Waals surface area (Å²) in [6, 6.07) is 17.9. The van der Waals surface area contributed by atoms with E-state index >= 15 is 0 Å². The lowest BCUT2D eigenvalue weighted by molar-refractivity contribution is -0.114. The van der Waals surface area contributed by atoms with Crippen LogP contribution >= 0.6 is 0 Å². The number of nitrogens with zero attached hydrogens (tertiary/aromatic N) is 1. The third kappa shape index (κ3) is 5.80. The van der Waals surface area contributed by atoms with Crippen molar-refractivity contribution in [2.45, 2.75) is 13.8 Å². The largest absolute Gasteiger partial charge is 0.494 e. The SMILES string of the molecule is CCOc1ccc(NC(=O)c2ccc(Nc3ccc(NC(C)=O)cc3)cn2)cc1. The van der Waals surface area contributed by atoms with Crippen molar-refractivity contribution in [3.63, 3.8) is 0 Å². The molecule has 0 aliphatic carbocycles. The molecule has 0 spiro atoms. The lowest BCUT2D eigenvalue weighted by Crippen LogP contribution is -2.13. The van der Waals surface area contributed by atoms with Crippen molar-refractivity contribution in [3.8, 4) is 5.75 Å². The standard InChI is InChI=1S/C22H22N4O3/c1-3-29-20-11-8-18(9-12-20)26-22(28)21-13-10-19(14-23-21)25-17-6-4-16(5-7-17)24-15(2)27/h4-14,25H,3H2,1-2H3,(H,24,27)(H,26,28). The smallest absolute Gasteiger partial charge is 0.274 e. The third-order valence-corrected chi connectivity index (χ3v) is 3.91. The molecule has 7 heteroatoms. The predicted octanol–water partition coefficient (Wildman–Crippen LogP) is 4.43. The van der Waals surface area contributed by atoms with E-state index < -0.39 is 0 Å². The highest BCUT2D eigenvalue weighted by Gasteiger charge is 2.08. The number of benzene rings is 2. The summed E-state index contributed by atoms with van der Waals surface area (Å²) in [5.41, 5.74) is 3.29. The molecule has 148 valence electrons. The van der Waals surface area contributed by atoms with Gasteiger partial charge in [-0.15, -0.1) is 0 Å². The van der Waals surface area contributed by atoms with Crippen molar-refractivity contribution < 1.29 is 14.3 Å². The van der Waals surface area contributed by atoms with Gasteiger partial charge in [0.15, 0.2) is 0 Å². The number of carbonyl (C=O) groups excluding carboxylic acids is 2. The summed E-state index contributed by atoms with van der Waals surface area (Å²) in [4.78, 5) is 27.6. The highest BCUT2D eigenvalue weighted by atomic mass is 16.5. The Morgan fingerprint density at radius 3 is 2.00 bits per heavy atom. The Kier molecular flexibility index (Phi) is 6.42. The average molecular weight is 390 g/mol. The molecule has 0 saturated heterocycles. The summed E-state index contributed by atoms with van der Waals surface area (Å²) in [5.74, 6) is 0.346. The molecule has 0 aliphatic heterocycles. The molecular formula is C22H22N4O3. The van der Waals surface area contributed by atoms with Crippen molar-refractivity contribution in [2.24, 2.45) is 0 Å². The normalized spacial score (nSPS) is 10.1. The first-order chi connectivity index (χ1) is 14.0. The highest BCUT2D eigenvalue weighted by molar-refractivity contribution is 6.03. The van der Waals surface area contributed by atoms with Crippen LogP contribution in [0.15, 0.2) is 66.9 Å². The van der Waals surface area contributed by atoms with E-state index in [4.69, 9.17) is 4.74 Å². The number of nitrogens with one attached hydrogen (secondary N) is 3. The molecule has 3 rings (SSSR count). The summed E-state index contributed by atoms with van der Waals surface area (Å²) in [6.45, 7) is 3.97. The van der Waals surface area contributed by atoms with Gasteiger partial charge in [-0.25, -0.2) is 4.98 Å². The Balaban J connectivity index is 1.59. The second-order valence-electron chi connectivity index (χ2n) is 6.23. The summed E-state index contributed by atoms with van der Waals surface area (Å²) in [5, 5.41) is 8.72. The van der Waals surface area contributed by atoms with Crippen LogP contribution in [0.5, 0.6) is 5.75 Å². The van der Waals surface area contributed by atoms with E-state index in [0.717, 1.165) is 22.8 Å². The van der Waals surface area contributed by atoms with Crippen LogP contribution < -0.4 is 20.7 Å². The first-order valence-electron chi connectivity index (χ1n) is 9.18. The quantitative estimate of drug-likeness (QED) is 0.555. The molecule has 29 heavy (non-hydrogen) atoms. The Labute approximate surface area is 169 Å². The van der Waals surface area contributed by atoms with Crippen LogP contribution in [0.2, 0.25) is 0 Å². The van der Waals surface area contributed by atoms with Crippen LogP contribution in [-0.4, -0.2) is 23.4 Å². The molecule has 0 radical (unpaired) electrons. The van der Waals surface area contributed by atoms with E-state index in [0.29, 0.717) is 18.0 Å². The van der Waals surface area contributed by atoms with Crippen LogP contribution in [0, 0.1) is 0 Å². The summed E-state index contributed by atoms with van der Waals surface area (Å²) in [6.07, 6.45) is 1.59. The monoisotopic (exact) mass is 390 g/mol. The van der Waals surface area contributed by atoms with E-state index in [1.54, 1.807) is 54.7 Å². The fraction of sp³-hybridized carbons (Fsp3) is 0.136. The van der Waals surface area contributed by atoms with E-state index in [9.17, 15) is 9.59 Å². The molecule has 0 bridgehead atoms. The van der Waals surface area contributed by atoms with Gasteiger partial charge >= 0.3 is 0 Å². The highest BCUT2D eigenvalue weighted by Crippen LogP contribution is 2.19. The number of amides is 2. The first-order valence-corrected chi connectivity index (χ1v) is 9.18. The Bertz CT molecular complexity index is 968. The fourth-order valence-corrected chi connectivity index (χ4v) is 2.61. The zero-order valence-corrected chi connectivity index (χ0v) is 16.2. The maximum atomic E-state index is 12.4. The van der Waals surface area contributed by atoms with Gasteiger partial charge in [0.2, 0.25) is 5.91 Å². The van der Waals surface area contributed by atoms with E-state index in [2.05, 4.69) is 20.9 Å². The lowest BCUT2D eigenvalue weighted by Gasteiger charge is -2.09. The topological polar surface area (TPSA) is 92.4 Å². The molecule has 0 unspecified atom stereocenters. The number of ether oxygens (including phenoxy) is 1. The van der Waals surface area contributed by atoms with Gasteiger partial charge in [-0.05, 0) is 67.6 Å². The number of rotatable bonds is 7. The molecule has 0 aliphatic rings. The molecule has 2 aromatic carbocycles. The van der Waals surface area contributed by atoms with Crippen LogP contribution in [0.4, 0.5) is 22.7 Å². The Morgan fingerprint density at radius 2 is 1.41 bits per heavy atom. The maximum absolute atomic E-state index is 12.4. The molecule has 0 atom stereocenters. The van der Waals surface area contributed by atoms with Gasteiger partial charge in [0.05, 0.1) is 18.5 Å². The molecule has 2 amide bonds. The molecule has 7 nitrogen and oxygen atoms in total. The van der Waals surface area contributed by atoms with Crippen molar-refractivity contribution in [3.05, 3.63) is 72.6 Å². The number of hydrogen-bond acceptors (Lipinski definition) is 5. The molecule has 3 N–H and O–H groups in total. The van der Waals surface area contributed by atoms with Gasteiger partial charge in [0, 0.05) is 24.0 Å². The zero-order valence-electron chi connectivity index (χ0n) is 16.2. The van der Waals surface area contributed by atoms with Crippen LogP contribution in [-0.2, 0) is 4.79 Å². The van der Waals surface area contributed by atoms with Gasteiger partial charge in [-0.1, -0.05) is 0 Å². The Hall–Kier alpha value is -3.87. The van der Waals surface area contributed by atoms with Gasteiger partial charge in [-0.2, -0.15) is 0 Å². The summed E-state index contributed by atoms with van der Waals surface area (Å²) < 4.78 is 5.39. The van der Waals surface area contributed by atoms with Crippen molar-refractivity contribution >= 4 is 34.6 Å². The van der Waals surface area contributed by atoms with Crippen molar-refractivity contribution in [2.75, 3.05) is 22.6 Å². The number of aromatic nitrogens is 1. The number of pyridine rings is 1. The lowest BCUT2D eigenvalue weighted by atomic mass is 10.2. The van der Waals surface area contributed by atoms with Crippen molar-refractivity contribution in [1.82, 2.24) is 4.98 Å². The second-order valence-corrected chi connectivity index (χ2v) is 6.23. The predicted molar refractivity (Wildman–Crippen MR) is 114 cm³/mol. The molecule has 1 aromatic heterocycles. The van der Waals surface area contributed by atoms with E-state index in [1.165, 1.54) is 6.92 Å². The molecular weight excluding hydrogens is 368 g/mol. The van der Waals surface area contributed by atoms with Crippen LogP contribution in [0.25, 0.3) is 0 Å². The second kappa shape index (κ2) is 9.36. The number of hydrogen-bond donors (Lipinski definition) is 3. The van der Waals surface area contributed by atoms with E-state index in [-0.39, 0.29) is 11.8 Å². The molecule has 0 saturated carbocycles. The molecule has 1 heterocycles. The summed E-state index contributed by atoms with van der Waals surface area (Å²) >= 11 is 0. The fourth-order valence-electron chi connectivity index (χ4n) is 2.61. The van der Waals surface area contributed by atoms with Crippen LogP contribution in [0.3, 0.4) is 0 Å². The number of anilines is 4.